The van der Waals surface area contributed by atoms with Crippen molar-refractivity contribution in [3.05, 3.63) is 52.0 Å². The fourth-order valence-corrected chi connectivity index (χ4v) is 3.21. The van der Waals surface area contributed by atoms with E-state index in [0.29, 0.717) is 24.3 Å². The number of nitrogens with zero attached hydrogens (tertiary/aromatic N) is 1. The van der Waals surface area contributed by atoms with Gasteiger partial charge in [0.25, 0.3) is 0 Å². The van der Waals surface area contributed by atoms with Gasteiger partial charge in [-0.3, -0.25) is 9.59 Å². The summed E-state index contributed by atoms with van der Waals surface area (Å²) in [5, 5.41) is 2.84. The van der Waals surface area contributed by atoms with Crippen LogP contribution in [0.2, 0.25) is 0 Å². The molecule has 2 aromatic carbocycles. The Kier molecular flexibility index (Phi) is 7.87. The van der Waals surface area contributed by atoms with E-state index in [2.05, 4.69) is 21.2 Å². The molecule has 0 spiro atoms. The predicted molar refractivity (Wildman–Crippen MR) is 113 cm³/mol. The van der Waals surface area contributed by atoms with Gasteiger partial charge in [-0.2, -0.15) is 0 Å². The Morgan fingerprint density at radius 1 is 1.07 bits per heavy atom. The average molecular weight is 449 g/mol. The Morgan fingerprint density at radius 3 is 2.43 bits per heavy atom. The molecule has 7 heteroatoms. The number of carbonyl (C=O) groups is 2. The molecule has 0 aromatic heterocycles. The Balaban J connectivity index is 1.87. The highest BCUT2D eigenvalue weighted by Crippen LogP contribution is 2.28. The van der Waals surface area contributed by atoms with Gasteiger partial charge in [-0.1, -0.05) is 22.0 Å². The minimum atomic E-state index is -0.229. The summed E-state index contributed by atoms with van der Waals surface area (Å²) < 4.78 is 11.4. The highest BCUT2D eigenvalue weighted by molar-refractivity contribution is 9.10. The lowest BCUT2D eigenvalue weighted by Crippen LogP contribution is -2.35. The van der Waals surface area contributed by atoms with Crippen LogP contribution in [0.4, 0.5) is 5.69 Å². The maximum Gasteiger partial charge on any atom is 0.243 e. The van der Waals surface area contributed by atoms with Crippen molar-refractivity contribution < 1.29 is 19.1 Å². The van der Waals surface area contributed by atoms with E-state index in [4.69, 9.17) is 9.47 Å². The first-order valence-corrected chi connectivity index (χ1v) is 9.64. The molecule has 1 N–H and O–H groups in total. The van der Waals surface area contributed by atoms with Crippen LogP contribution in [0.15, 0.2) is 40.9 Å². The molecule has 28 heavy (non-hydrogen) atoms. The number of likely N-dealkylation sites (N-methyl/N-ethyl adjacent to an activating group) is 1. The maximum atomic E-state index is 12.4. The molecular weight excluding hydrogens is 424 g/mol. The van der Waals surface area contributed by atoms with Gasteiger partial charge < -0.3 is 19.7 Å². The summed E-state index contributed by atoms with van der Waals surface area (Å²) in [4.78, 5) is 26.1. The first kappa shape index (κ1) is 21.8. The number of hydrogen-bond acceptors (Lipinski definition) is 4. The Morgan fingerprint density at radius 2 is 1.79 bits per heavy atom. The minimum absolute atomic E-state index is 0.000269. The number of amides is 2. The molecule has 0 fully saturated rings. The molecule has 2 rings (SSSR count). The fraction of sp³-hybridized carbons (Fsp3) is 0.333. The number of ether oxygens (including phenoxy) is 2. The van der Waals surface area contributed by atoms with E-state index < -0.39 is 0 Å². The van der Waals surface area contributed by atoms with Crippen molar-refractivity contribution in [1.82, 2.24) is 4.90 Å². The van der Waals surface area contributed by atoms with E-state index in [1.54, 1.807) is 21.3 Å². The van der Waals surface area contributed by atoms with Gasteiger partial charge in [0.05, 0.1) is 20.8 Å². The number of benzene rings is 2. The number of nitrogens with one attached hydrogen (secondary N) is 1. The molecule has 0 aliphatic carbocycles. The third kappa shape index (κ3) is 5.99. The summed E-state index contributed by atoms with van der Waals surface area (Å²) in [6, 6.07) is 11.2. The van der Waals surface area contributed by atoms with Crippen molar-refractivity contribution in [3.63, 3.8) is 0 Å². The van der Waals surface area contributed by atoms with Crippen LogP contribution in [-0.4, -0.2) is 44.5 Å². The van der Waals surface area contributed by atoms with Crippen molar-refractivity contribution in [1.29, 1.82) is 0 Å². The summed E-state index contributed by atoms with van der Waals surface area (Å²) >= 11 is 3.39. The summed E-state index contributed by atoms with van der Waals surface area (Å²) in [5.41, 5.74) is 2.65. The van der Waals surface area contributed by atoms with Gasteiger partial charge in [-0.25, -0.2) is 0 Å². The fourth-order valence-electron chi connectivity index (χ4n) is 2.74. The summed E-state index contributed by atoms with van der Waals surface area (Å²) in [7, 11) is 4.79. The monoisotopic (exact) mass is 448 g/mol. The van der Waals surface area contributed by atoms with Crippen LogP contribution in [0.1, 0.15) is 17.5 Å². The predicted octanol–water partition coefficient (Wildman–Crippen LogP) is 3.80. The van der Waals surface area contributed by atoms with E-state index in [1.807, 2.05) is 43.3 Å². The van der Waals surface area contributed by atoms with Gasteiger partial charge in [-0.15, -0.1) is 0 Å². The normalized spacial score (nSPS) is 10.3. The van der Waals surface area contributed by atoms with Gasteiger partial charge in [0.1, 0.15) is 0 Å². The molecule has 0 atom stereocenters. The smallest absolute Gasteiger partial charge is 0.243 e. The zero-order valence-corrected chi connectivity index (χ0v) is 18.1. The Labute approximate surface area is 174 Å². The molecule has 0 aliphatic rings. The van der Waals surface area contributed by atoms with Gasteiger partial charge in [0.15, 0.2) is 11.5 Å². The van der Waals surface area contributed by atoms with E-state index >= 15 is 0 Å². The summed E-state index contributed by atoms with van der Waals surface area (Å²) in [5.74, 6) is 0.949. The van der Waals surface area contributed by atoms with Crippen LogP contribution in [0, 0.1) is 6.92 Å². The molecule has 0 aliphatic heterocycles. The van der Waals surface area contributed by atoms with E-state index in [-0.39, 0.29) is 18.4 Å². The lowest BCUT2D eigenvalue weighted by atomic mass is 10.1. The quantitative estimate of drug-likeness (QED) is 0.666. The molecule has 0 unspecified atom stereocenters. The lowest BCUT2D eigenvalue weighted by Gasteiger charge is -2.17. The van der Waals surface area contributed by atoms with Crippen LogP contribution in [-0.2, 0) is 16.0 Å². The van der Waals surface area contributed by atoms with Gasteiger partial charge in [0, 0.05) is 23.6 Å². The van der Waals surface area contributed by atoms with Crippen molar-refractivity contribution >= 4 is 33.4 Å². The molecule has 0 heterocycles. The second kappa shape index (κ2) is 10.1. The first-order chi connectivity index (χ1) is 13.3. The second-order valence-electron chi connectivity index (χ2n) is 6.45. The number of methoxy groups -OCH3 is 2. The second-order valence-corrected chi connectivity index (χ2v) is 7.36. The van der Waals surface area contributed by atoms with Crippen LogP contribution in [0.3, 0.4) is 0 Å². The van der Waals surface area contributed by atoms with Gasteiger partial charge in [0.2, 0.25) is 11.8 Å². The summed E-state index contributed by atoms with van der Waals surface area (Å²) in [6.45, 7) is 1.92. The number of anilines is 1. The molecule has 0 saturated carbocycles. The zero-order chi connectivity index (χ0) is 20.7. The standard InChI is InChI=1S/C21H25BrN2O4/c1-14-11-16(22)7-8-17(14)23-20(25)13-24(2)21(26)10-6-15-5-9-18(27-3)19(12-15)28-4/h5,7-9,11-12H,6,10,13H2,1-4H3,(H,23,25). The third-order valence-electron chi connectivity index (χ3n) is 4.34. The van der Waals surface area contributed by atoms with Crippen LogP contribution < -0.4 is 14.8 Å². The highest BCUT2D eigenvalue weighted by Gasteiger charge is 2.14. The van der Waals surface area contributed by atoms with E-state index in [9.17, 15) is 9.59 Å². The van der Waals surface area contributed by atoms with Crippen molar-refractivity contribution in [2.24, 2.45) is 0 Å². The van der Waals surface area contributed by atoms with Crippen LogP contribution in [0.5, 0.6) is 11.5 Å². The Bertz CT molecular complexity index is 854. The van der Waals surface area contributed by atoms with Crippen LogP contribution in [0.25, 0.3) is 0 Å². The highest BCUT2D eigenvalue weighted by atomic mass is 79.9. The van der Waals surface area contributed by atoms with Gasteiger partial charge >= 0.3 is 0 Å². The first-order valence-electron chi connectivity index (χ1n) is 8.85. The van der Waals surface area contributed by atoms with E-state index in [0.717, 1.165) is 21.3 Å². The van der Waals surface area contributed by atoms with Crippen molar-refractivity contribution in [2.75, 3.05) is 33.1 Å². The Hall–Kier alpha value is -2.54. The van der Waals surface area contributed by atoms with Gasteiger partial charge in [-0.05, 0) is 54.8 Å². The SMILES string of the molecule is COc1ccc(CCC(=O)N(C)CC(=O)Nc2ccc(Br)cc2C)cc1OC. The molecule has 2 amide bonds. The largest absolute Gasteiger partial charge is 0.493 e. The maximum absolute atomic E-state index is 12.4. The van der Waals surface area contributed by atoms with Crippen molar-refractivity contribution in [3.8, 4) is 11.5 Å². The molecular formula is C21H25BrN2O4. The van der Waals surface area contributed by atoms with E-state index in [1.165, 1.54) is 4.90 Å². The molecule has 0 radical (unpaired) electrons. The number of halogens is 1. The third-order valence-corrected chi connectivity index (χ3v) is 4.84. The molecule has 150 valence electrons. The number of carbonyl (C=O) groups excluding carboxylic acids is 2. The molecule has 0 saturated heterocycles. The molecule has 6 nitrogen and oxygen atoms in total. The molecule has 2 aromatic rings. The summed E-state index contributed by atoms with van der Waals surface area (Å²) in [6.07, 6.45) is 0.855. The topological polar surface area (TPSA) is 67.9 Å². The number of hydrogen-bond donors (Lipinski definition) is 1. The molecule has 0 bridgehead atoms. The lowest BCUT2D eigenvalue weighted by molar-refractivity contribution is -0.133. The van der Waals surface area contributed by atoms with Crippen LogP contribution >= 0.6 is 15.9 Å². The zero-order valence-electron chi connectivity index (χ0n) is 16.5. The average Bonchev–Trinajstić information content (AvgIpc) is 2.67. The minimum Gasteiger partial charge on any atom is -0.493 e. The number of aryl methyl sites for hydroxylation is 2. The van der Waals surface area contributed by atoms with Crippen molar-refractivity contribution in [2.45, 2.75) is 19.8 Å². The number of rotatable bonds is 8.